The van der Waals surface area contributed by atoms with Gasteiger partial charge in [-0.1, -0.05) is 12.1 Å². The number of imidazole rings is 1. The molecule has 38 heavy (non-hydrogen) atoms. The fourth-order valence-electron chi connectivity index (χ4n) is 5.58. The number of pyridine rings is 1. The van der Waals surface area contributed by atoms with Gasteiger partial charge in [-0.15, -0.1) is 0 Å². The van der Waals surface area contributed by atoms with Crippen molar-refractivity contribution in [3.8, 4) is 17.2 Å². The second kappa shape index (κ2) is 10.7. The molecule has 0 aliphatic carbocycles. The number of likely N-dealkylation sites (tertiary alicyclic amines) is 1. The largest absolute Gasteiger partial charge is 0.486 e. The van der Waals surface area contributed by atoms with Gasteiger partial charge in [-0.05, 0) is 68.2 Å². The van der Waals surface area contributed by atoms with Crippen LogP contribution in [-0.2, 0) is 13.1 Å². The van der Waals surface area contributed by atoms with E-state index in [1.54, 1.807) is 18.6 Å². The minimum absolute atomic E-state index is 0.0419. The van der Waals surface area contributed by atoms with Gasteiger partial charge in [0.15, 0.2) is 19.5 Å². The number of benzene rings is 2. The number of rotatable bonds is 7. The summed E-state index contributed by atoms with van der Waals surface area (Å²) < 4.78 is 15.2. The first-order valence-electron chi connectivity index (χ1n) is 13.3. The molecule has 0 N–H and O–H groups in total. The summed E-state index contributed by atoms with van der Waals surface area (Å²) >= 11 is 0. The van der Waals surface area contributed by atoms with E-state index in [1.807, 2.05) is 39.2 Å². The molecule has 2 aliphatic heterocycles. The lowest BCUT2D eigenvalue weighted by atomic mass is 9.99. The fraction of sp³-hybridized carbons (Fsp3) is 0.379. The highest BCUT2D eigenvalue weighted by molar-refractivity contribution is 6.04. The van der Waals surface area contributed by atoms with Gasteiger partial charge in [0.05, 0.1) is 11.8 Å². The summed E-state index contributed by atoms with van der Waals surface area (Å²) in [7, 11) is 6.51. The first kappa shape index (κ1) is 24.8. The molecule has 2 radical (unpaired) electrons. The maximum atomic E-state index is 13.0. The van der Waals surface area contributed by atoms with E-state index in [0.717, 1.165) is 71.7 Å². The minimum atomic E-state index is 0.0419. The molecule has 9 heteroatoms. The van der Waals surface area contributed by atoms with Gasteiger partial charge in [-0.2, -0.15) is 0 Å². The number of hydrogen-bond donors (Lipinski definition) is 0. The second-order valence-corrected chi connectivity index (χ2v) is 10.2. The van der Waals surface area contributed by atoms with E-state index in [4.69, 9.17) is 17.5 Å². The van der Waals surface area contributed by atoms with Crippen molar-refractivity contribution in [2.75, 3.05) is 32.8 Å². The Morgan fingerprint density at radius 1 is 1.03 bits per heavy atom. The molecule has 6 rings (SSSR count). The Morgan fingerprint density at radius 3 is 2.63 bits per heavy atom. The molecule has 0 amide bonds. The van der Waals surface area contributed by atoms with Crippen molar-refractivity contribution >= 4 is 18.9 Å². The van der Waals surface area contributed by atoms with Gasteiger partial charge in [-0.25, -0.2) is 4.98 Å². The predicted molar refractivity (Wildman–Crippen MR) is 148 cm³/mol. The third-order valence-corrected chi connectivity index (χ3v) is 7.74. The topological polar surface area (TPSA) is 64.8 Å². The Kier molecular flexibility index (Phi) is 6.95. The third-order valence-electron chi connectivity index (χ3n) is 7.74. The molecule has 1 fully saturated rings. The molecule has 1 saturated heterocycles. The van der Waals surface area contributed by atoms with Crippen molar-refractivity contribution in [3.05, 3.63) is 82.7 Å². The highest BCUT2D eigenvalue weighted by Gasteiger charge is 2.23. The summed E-state index contributed by atoms with van der Waals surface area (Å²) in [6.45, 7) is 7.23. The Balaban J connectivity index is 1.09. The average molecular weight is 509 g/mol. The SMILES string of the molecule is [B]N(Cc1ccc2c(c1)OCCO2)C1CCN(CCn2c(=O)cc(C)c3ccc(-n4ccnc4)cc32)CC1. The van der Waals surface area contributed by atoms with Gasteiger partial charge in [0.1, 0.15) is 13.2 Å². The molecule has 0 unspecified atom stereocenters. The van der Waals surface area contributed by atoms with Crippen molar-refractivity contribution in [2.45, 2.75) is 38.9 Å². The van der Waals surface area contributed by atoms with Gasteiger partial charge in [0.25, 0.3) is 5.56 Å². The van der Waals surface area contributed by atoms with Crippen LogP contribution in [0.2, 0.25) is 0 Å². The molecular formula is C29H32BN5O3. The van der Waals surface area contributed by atoms with Crippen LogP contribution in [0.1, 0.15) is 24.0 Å². The van der Waals surface area contributed by atoms with Crippen molar-refractivity contribution in [1.82, 2.24) is 23.8 Å². The van der Waals surface area contributed by atoms with Crippen LogP contribution in [0.3, 0.4) is 0 Å². The highest BCUT2D eigenvalue weighted by atomic mass is 16.6. The van der Waals surface area contributed by atoms with Crippen molar-refractivity contribution < 1.29 is 9.47 Å². The number of hydrogen-bond acceptors (Lipinski definition) is 6. The van der Waals surface area contributed by atoms with Crippen molar-refractivity contribution in [1.29, 1.82) is 0 Å². The zero-order chi connectivity index (χ0) is 26.1. The summed E-state index contributed by atoms with van der Waals surface area (Å²) in [5.41, 5.74) is 4.12. The van der Waals surface area contributed by atoms with E-state index in [-0.39, 0.29) is 5.56 Å². The highest BCUT2D eigenvalue weighted by Crippen LogP contribution is 2.31. The van der Waals surface area contributed by atoms with E-state index in [1.165, 1.54) is 0 Å². The predicted octanol–water partition coefficient (Wildman–Crippen LogP) is 3.32. The van der Waals surface area contributed by atoms with E-state index >= 15 is 0 Å². The molecule has 0 atom stereocenters. The summed E-state index contributed by atoms with van der Waals surface area (Å²) in [5, 5.41) is 1.10. The molecular weight excluding hydrogens is 477 g/mol. The lowest BCUT2D eigenvalue weighted by Gasteiger charge is -2.37. The zero-order valence-corrected chi connectivity index (χ0v) is 21.8. The monoisotopic (exact) mass is 509 g/mol. The van der Waals surface area contributed by atoms with E-state index in [9.17, 15) is 4.79 Å². The van der Waals surface area contributed by atoms with Crippen LogP contribution in [0, 0.1) is 6.92 Å². The standard InChI is InChI=1S/C29H32BN5O3/c1-21-16-29(36)34(26-18-24(3-4-25(21)26)33-11-8-31-20-33)13-12-32-9-6-23(7-10-32)35(30)19-22-2-5-27-28(17-22)38-15-14-37-27/h2-5,8,11,16-18,20,23H,6-7,9-10,12-15,19H2,1H3. The molecule has 8 nitrogen and oxygen atoms in total. The Morgan fingerprint density at radius 2 is 1.84 bits per heavy atom. The maximum absolute atomic E-state index is 13.0. The van der Waals surface area contributed by atoms with Gasteiger partial charge < -0.3 is 28.3 Å². The van der Waals surface area contributed by atoms with Crippen molar-refractivity contribution in [2.24, 2.45) is 0 Å². The zero-order valence-electron chi connectivity index (χ0n) is 21.8. The van der Waals surface area contributed by atoms with Gasteiger partial charge >= 0.3 is 0 Å². The average Bonchev–Trinajstić information content (AvgIpc) is 3.48. The van der Waals surface area contributed by atoms with Crippen LogP contribution >= 0.6 is 0 Å². The Labute approximate surface area is 223 Å². The van der Waals surface area contributed by atoms with Crippen molar-refractivity contribution in [3.63, 3.8) is 0 Å². The molecule has 2 aromatic carbocycles. The van der Waals surface area contributed by atoms with E-state index in [2.05, 4.69) is 34.1 Å². The van der Waals surface area contributed by atoms with Crippen LogP contribution in [0.25, 0.3) is 16.6 Å². The van der Waals surface area contributed by atoms with Crippen LogP contribution in [0.4, 0.5) is 0 Å². The van der Waals surface area contributed by atoms with Crippen LogP contribution in [-0.4, -0.2) is 70.7 Å². The quantitative estimate of drug-likeness (QED) is 0.357. The smallest absolute Gasteiger partial charge is 0.251 e. The molecule has 0 spiro atoms. The number of aromatic nitrogens is 3. The first-order chi connectivity index (χ1) is 18.5. The number of fused-ring (bicyclic) bond motifs is 2. The van der Waals surface area contributed by atoms with Gasteiger partial charge in [0, 0.05) is 55.2 Å². The maximum Gasteiger partial charge on any atom is 0.251 e. The minimum Gasteiger partial charge on any atom is -0.486 e. The molecule has 4 aromatic rings. The number of nitrogens with zero attached hydrogens (tertiary/aromatic N) is 5. The van der Waals surface area contributed by atoms with E-state index < -0.39 is 0 Å². The first-order valence-corrected chi connectivity index (χ1v) is 13.3. The van der Waals surface area contributed by atoms with Crippen LogP contribution in [0.5, 0.6) is 11.5 Å². The lowest BCUT2D eigenvalue weighted by Crippen LogP contribution is -2.44. The molecule has 2 aliphatic rings. The molecule has 0 bridgehead atoms. The molecule has 2 aromatic heterocycles. The lowest BCUT2D eigenvalue weighted by molar-refractivity contribution is 0.153. The summed E-state index contributed by atoms with van der Waals surface area (Å²) in [6, 6.07) is 14.4. The third kappa shape index (κ3) is 5.08. The van der Waals surface area contributed by atoms with Crippen LogP contribution < -0.4 is 15.0 Å². The number of aryl methyl sites for hydroxylation is 1. The number of piperidine rings is 1. The summed E-state index contributed by atoms with van der Waals surface area (Å²) in [4.78, 5) is 21.6. The fourth-order valence-corrected chi connectivity index (χ4v) is 5.58. The normalized spacial score (nSPS) is 16.4. The molecule has 4 heterocycles. The summed E-state index contributed by atoms with van der Waals surface area (Å²) in [6.07, 6.45) is 7.44. The van der Waals surface area contributed by atoms with Gasteiger partial charge in [0.2, 0.25) is 0 Å². The van der Waals surface area contributed by atoms with Crippen LogP contribution in [0.15, 0.2) is 66.0 Å². The Bertz CT molecular complexity index is 1480. The number of ether oxygens (including phenoxy) is 2. The molecule has 194 valence electrons. The van der Waals surface area contributed by atoms with E-state index in [0.29, 0.717) is 32.3 Å². The Hall–Kier alpha value is -3.56. The summed E-state index contributed by atoms with van der Waals surface area (Å²) in [5.74, 6) is 1.60. The second-order valence-electron chi connectivity index (χ2n) is 10.2. The van der Waals surface area contributed by atoms with Gasteiger partial charge in [-0.3, -0.25) is 4.79 Å². The molecule has 0 saturated carbocycles.